The maximum absolute atomic E-state index is 16.0. The Kier molecular flexibility index (Phi) is 7.77. The number of aliphatic hydroxyl groups is 1. The Balaban J connectivity index is 1.60. The monoisotopic (exact) mass is 566 g/mol. The van der Waals surface area contributed by atoms with E-state index in [1.165, 1.54) is 21.3 Å². The normalized spacial score (nSPS) is 21.7. The van der Waals surface area contributed by atoms with Crippen LogP contribution in [0.15, 0.2) is 16.7 Å². The number of carbonyl (C=O) groups excluding carboxylic acids is 1. The topological polar surface area (TPSA) is 103 Å². The number of amides is 1. The molecule has 1 amide bonds. The van der Waals surface area contributed by atoms with Gasteiger partial charge in [-0.15, -0.1) is 0 Å². The molecule has 9 nitrogen and oxygen atoms in total. The van der Waals surface area contributed by atoms with Crippen LogP contribution in [0.4, 0.5) is 8.78 Å². The van der Waals surface area contributed by atoms with E-state index in [-0.39, 0.29) is 25.3 Å². The quantitative estimate of drug-likeness (QED) is 0.411. The highest BCUT2D eigenvalue weighted by Crippen LogP contribution is 2.55. The van der Waals surface area contributed by atoms with Crippen LogP contribution in [-0.2, 0) is 4.79 Å². The molecule has 0 radical (unpaired) electrons. The van der Waals surface area contributed by atoms with Crippen molar-refractivity contribution >= 4 is 5.91 Å². The summed E-state index contributed by atoms with van der Waals surface area (Å²) in [5, 5.41) is 15.4. The molecule has 2 aliphatic rings. The van der Waals surface area contributed by atoms with Crippen LogP contribution in [0.25, 0.3) is 0 Å². The largest absolute Gasteiger partial charge is 0.493 e. The molecular weight excluding hydrogens is 526 g/mol. The Morgan fingerprint density at radius 3 is 2.15 bits per heavy atom. The average molecular weight is 567 g/mol. The van der Waals surface area contributed by atoms with Crippen LogP contribution in [0.3, 0.4) is 0 Å². The standard InChI is InChI=1S/C29H40F2N2O7/c1-17-22(32-40-24(17)39-18-12-20(36-6)23(38-8)21(13-18)37-7)19-10-9-11-33(19)25(34)29(30,31)28(35)15-26(2,3)14-27(4,5)16-28/h12-13,19,35H,9-11,14-16H2,1-8H3/t19-/m0/s1. The Labute approximate surface area is 233 Å². The number of hydrogen-bond donors (Lipinski definition) is 1. The second-order valence-corrected chi connectivity index (χ2v) is 12.6. The maximum atomic E-state index is 16.0. The smallest absolute Gasteiger partial charge is 0.352 e. The van der Waals surface area contributed by atoms with Gasteiger partial charge in [0, 0.05) is 18.7 Å². The number of carbonyl (C=O) groups is 1. The maximum Gasteiger partial charge on any atom is 0.352 e. The van der Waals surface area contributed by atoms with E-state index in [1.807, 2.05) is 27.7 Å². The third kappa shape index (κ3) is 5.32. The zero-order valence-electron chi connectivity index (χ0n) is 24.5. The van der Waals surface area contributed by atoms with Gasteiger partial charge in [0.15, 0.2) is 11.5 Å². The first-order valence-electron chi connectivity index (χ1n) is 13.4. The molecule has 1 aliphatic heterocycles. The van der Waals surface area contributed by atoms with Crippen molar-refractivity contribution in [2.45, 2.75) is 84.3 Å². The molecule has 1 aromatic heterocycles. The van der Waals surface area contributed by atoms with Crippen LogP contribution in [0.5, 0.6) is 28.9 Å². The van der Waals surface area contributed by atoms with Gasteiger partial charge in [-0.1, -0.05) is 32.9 Å². The van der Waals surface area contributed by atoms with E-state index >= 15 is 8.78 Å². The molecule has 0 spiro atoms. The molecule has 2 heterocycles. The predicted octanol–water partition coefficient (Wildman–Crippen LogP) is 6.07. The van der Waals surface area contributed by atoms with Crippen molar-refractivity contribution in [1.29, 1.82) is 0 Å². The Hall–Kier alpha value is -3.08. The Morgan fingerprint density at radius 2 is 1.62 bits per heavy atom. The summed E-state index contributed by atoms with van der Waals surface area (Å²) < 4.78 is 59.4. The lowest BCUT2D eigenvalue weighted by Gasteiger charge is -2.51. The van der Waals surface area contributed by atoms with Crippen molar-refractivity contribution in [2.75, 3.05) is 27.9 Å². The third-order valence-corrected chi connectivity index (χ3v) is 7.95. The summed E-state index contributed by atoms with van der Waals surface area (Å²) in [5.74, 6) is -3.87. The first kappa shape index (κ1) is 29.9. The molecule has 4 rings (SSSR count). The first-order chi connectivity index (χ1) is 18.6. The number of nitrogens with zero attached hydrogens (tertiary/aromatic N) is 2. The Morgan fingerprint density at radius 1 is 1.05 bits per heavy atom. The summed E-state index contributed by atoms with van der Waals surface area (Å²) >= 11 is 0. The van der Waals surface area contributed by atoms with Gasteiger partial charge in [-0.2, -0.15) is 8.78 Å². The van der Waals surface area contributed by atoms with Crippen LogP contribution >= 0.6 is 0 Å². The molecule has 0 unspecified atom stereocenters. The molecular formula is C29H40F2N2O7. The van der Waals surface area contributed by atoms with Gasteiger partial charge >= 0.3 is 11.9 Å². The van der Waals surface area contributed by atoms with Crippen molar-refractivity contribution in [3.8, 4) is 28.9 Å². The summed E-state index contributed by atoms with van der Waals surface area (Å²) in [6, 6.07) is 2.43. The fourth-order valence-corrected chi connectivity index (χ4v) is 6.92. The Bertz CT molecular complexity index is 1220. The van der Waals surface area contributed by atoms with Crippen molar-refractivity contribution in [3.63, 3.8) is 0 Å². The lowest BCUT2D eigenvalue weighted by molar-refractivity contribution is -0.231. The van der Waals surface area contributed by atoms with Crippen LogP contribution in [0.1, 0.15) is 77.1 Å². The van der Waals surface area contributed by atoms with Crippen LogP contribution < -0.4 is 18.9 Å². The van der Waals surface area contributed by atoms with Gasteiger partial charge in [0.1, 0.15) is 17.0 Å². The van der Waals surface area contributed by atoms with Gasteiger partial charge < -0.3 is 33.5 Å². The fraction of sp³-hybridized carbons (Fsp3) is 0.655. The molecule has 1 aromatic carbocycles. The minimum absolute atomic E-state index is 0.0461. The van der Waals surface area contributed by atoms with E-state index in [0.717, 1.165) is 4.90 Å². The summed E-state index contributed by atoms with van der Waals surface area (Å²) in [5.41, 5.74) is -2.75. The lowest BCUT2D eigenvalue weighted by Crippen LogP contribution is -2.62. The number of aromatic nitrogens is 1. The highest BCUT2D eigenvalue weighted by molar-refractivity contribution is 5.85. The molecule has 1 N–H and O–H groups in total. The number of halogens is 2. The zero-order chi connectivity index (χ0) is 29.7. The number of benzene rings is 1. The first-order valence-corrected chi connectivity index (χ1v) is 13.4. The molecule has 1 aliphatic carbocycles. The predicted molar refractivity (Wildman–Crippen MR) is 142 cm³/mol. The van der Waals surface area contributed by atoms with E-state index in [4.69, 9.17) is 23.5 Å². The van der Waals surface area contributed by atoms with Crippen molar-refractivity contribution < 1.29 is 42.2 Å². The third-order valence-electron chi connectivity index (χ3n) is 7.95. The van der Waals surface area contributed by atoms with Gasteiger partial charge in [0.25, 0.3) is 5.91 Å². The molecule has 0 bridgehead atoms. The van der Waals surface area contributed by atoms with Crippen LogP contribution in [0, 0.1) is 17.8 Å². The molecule has 2 fully saturated rings. The molecule has 2 aromatic rings. The minimum atomic E-state index is -3.97. The number of hydrogen-bond acceptors (Lipinski definition) is 8. The molecule has 1 saturated heterocycles. The number of likely N-dealkylation sites (tertiary alicyclic amines) is 1. The average Bonchev–Trinajstić information content (AvgIpc) is 3.47. The second kappa shape index (κ2) is 10.4. The molecule has 1 saturated carbocycles. The van der Waals surface area contributed by atoms with Crippen LogP contribution in [0.2, 0.25) is 0 Å². The number of methoxy groups -OCH3 is 3. The van der Waals surface area contributed by atoms with Gasteiger partial charge in [0.05, 0.1) is 32.9 Å². The highest BCUT2D eigenvalue weighted by Gasteiger charge is 2.65. The van der Waals surface area contributed by atoms with Crippen molar-refractivity contribution in [3.05, 3.63) is 23.4 Å². The summed E-state index contributed by atoms with van der Waals surface area (Å²) in [6.07, 6.45) is 1.27. The van der Waals surface area contributed by atoms with Gasteiger partial charge in [0.2, 0.25) is 5.75 Å². The number of alkyl halides is 2. The molecule has 40 heavy (non-hydrogen) atoms. The summed E-state index contributed by atoms with van der Waals surface area (Å²) in [7, 11) is 4.44. The number of rotatable bonds is 8. The SMILES string of the molecule is COc1cc(Oc2onc([C@@H]3CCCN3C(=O)C(F)(F)C3(O)CC(C)(C)CC(C)(C)C3)c2C)cc(OC)c1OC. The van der Waals surface area contributed by atoms with Crippen molar-refractivity contribution in [1.82, 2.24) is 10.1 Å². The summed E-state index contributed by atoms with van der Waals surface area (Å²) in [4.78, 5) is 14.6. The van der Waals surface area contributed by atoms with Gasteiger partial charge in [-0.25, -0.2) is 0 Å². The fourth-order valence-electron chi connectivity index (χ4n) is 6.92. The zero-order valence-corrected chi connectivity index (χ0v) is 24.5. The molecule has 11 heteroatoms. The second-order valence-electron chi connectivity index (χ2n) is 12.6. The van der Waals surface area contributed by atoms with Gasteiger partial charge in [-0.05, 0) is 49.9 Å². The van der Waals surface area contributed by atoms with E-state index in [9.17, 15) is 9.90 Å². The summed E-state index contributed by atoms with van der Waals surface area (Å²) in [6.45, 7) is 9.23. The van der Waals surface area contributed by atoms with E-state index in [0.29, 0.717) is 53.5 Å². The number of ether oxygens (including phenoxy) is 4. The minimum Gasteiger partial charge on any atom is -0.493 e. The molecule has 1 atom stereocenters. The van der Waals surface area contributed by atoms with Crippen molar-refractivity contribution in [2.24, 2.45) is 10.8 Å². The van der Waals surface area contributed by atoms with E-state index in [2.05, 4.69) is 5.16 Å². The van der Waals surface area contributed by atoms with Gasteiger partial charge in [-0.3, -0.25) is 4.79 Å². The lowest BCUT2D eigenvalue weighted by atomic mass is 9.58. The van der Waals surface area contributed by atoms with E-state index in [1.54, 1.807) is 19.1 Å². The van der Waals surface area contributed by atoms with Crippen LogP contribution in [-0.4, -0.2) is 60.5 Å². The van der Waals surface area contributed by atoms with E-state index < -0.39 is 34.3 Å². The highest BCUT2D eigenvalue weighted by atomic mass is 19.3. The molecule has 222 valence electrons.